The van der Waals surface area contributed by atoms with E-state index >= 15 is 0 Å². The SMILES string of the molecule is COc1nc(Nc2ccc(F)c(Cl)c2)c2cc(OCCCN3CC(=O)O[C@H](C)C3)c(C3CC3)cc2n1. The number of carbonyl (C=O) groups is 1. The van der Waals surface area contributed by atoms with Gasteiger partial charge in [0.25, 0.3) is 0 Å². The van der Waals surface area contributed by atoms with E-state index in [0.29, 0.717) is 30.6 Å². The molecular formula is C26H28ClFN4O4. The van der Waals surface area contributed by atoms with Gasteiger partial charge in [0.05, 0.1) is 30.8 Å². The van der Waals surface area contributed by atoms with E-state index in [0.717, 1.165) is 54.6 Å². The Morgan fingerprint density at radius 3 is 2.81 bits per heavy atom. The summed E-state index contributed by atoms with van der Waals surface area (Å²) in [7, 11) is 1.52. The molecule has 1 saturated heterocycles. The Bertz CT molecular complexity index is 1290. The number of hydrogen-bond acceptors (Lipinski definition) is 8. The summed E-state index contributed by atoms with van der Waals surface area (Å²) in [6, 6.07) is 8.61. The van der Waals surface area contributed by atoms with Crippen LogP contribution in [-0.2, 0) is 9.53 Å². The summed E-state index contributed by atoms with van der Waals surface area (Å²) in [5.74, 6) is 1.07. The van der Waals surface area contributed by atoms with Gasteiger partial charge in [-0.25, -0.2) is 4.39 Å². The van der Waals surface area contributed by atoms with Crippen molar-refractivity contribution in [1.82, 2.24) is 14.9 Å². The summed E-state index contributed by atoms with van der Waals surface area (Å²) in [6.45, 7) is 4.22. The lowest BCUT2D eigenvalue weighted by molar-refractivity contribution is -0.157. The molecule has 0 bridgehead atoms. The number of carbonyl (C=O) groups excluding carboxylic acids is 1. The number of esters is 1. The van der Waals surface area contributed by atoms with Gasteiger partial charge in [0.2, 0.25) is 0 Å². The molecular weight excluding hydrogens is 487 g/mol. The molecule has 1 aliphatic heterocycles. The lowest BCUT2D eigenvalue weighted by Gasteiger charge is -2.30. The molecule has 0 spiro atoms. The molecule has 2 heterocycles. The number of hydrogen-bond donors (Lipinski definition) is 1. The van der Waals surface area contributed by atoms with E-state index in [2.05, 4.69) is 20.2 Å². The molecule has 1 saturated carbocycles. The fraction of sp³-hybridized carbons (Fsp3) is 0.423. The van der Waals surface area contributed by atoms with Crippen LogP contribution >= 0.6 is 11.6 Å². The summed E-state index contributed by atoms with van der Waals surface area (Å²) < 4.78 is 30.4. The van der Waals surface area contributed by atoms with Gasteiger partial charge < -0.3 is 19.5 Å². The number of nitrogens with zero attached hydrogens (tertiary/aromatic N) is 3. The second kappa shape index (κ2) is 10.4. The Balaban J connectivity index is 1.38. The maximum Gasteiger partial charge on any atom is 0.320 e. The number of morpholine rings is 1. The van der Waals surface area contributed by atoms with E-state index in [9.17, 15) is 9.18 Å². The zero-order valence-electron chi connectivity index (χ0n) is 20.2. The van der Waals surface area contributed by atoms with Crippen molar-refractivity contribution >= 4 is 40.0 Å². The van der Waals surface area contributed by atoms with E-state index in [1.54, 1.807) is 6.07 Å². The molecule has 2 aliphatic rings. The topological polar surface area (TPSA) is 85.8 Å². The zero-order chi connectivity index (χ0) is 25.2. The highest BCUT2D eigenvalue weighted by Gasteiger charge is 2.28. The number of methoxy groups -OCH3 is 1. The number of cyclic esters (lactones) is 1. The van der Waals surface area contributed by atoms with Crippen molar-refractivity contribution in [2.24, 2.45) is 0 Å². The van der Waals surface area contributed by atoms with Gasteiger partial charge in [0, 0.05) is 24.2 Å². The molecule has 3 aromatic rings. The number of fused-ring (bicyclic) bond motifs is 1. The van der Waals surface area contributed by atoms with Crippen molar-refractivity contribution in [3.8, 4) is 11.8 Å². The monoisotopic (exact) mass is 514 g/mol. The maximum absolute atomic E-state index is 13.6. The molecule has 8 nitrogen and oxygen atoms in total. The minimum atomic E-state index is -0.493. The number of rotatable bonds is 9. The fourth-order valence-corrected chi connectivity index (χ4v) is 4.62. The van der Waals surface area contributed by atoms with Gasteiger partial charge in [-0.05, 0) is 68.0 Å². The van der Waals surface area contributed by atoms with Crippen LogP contribution in [0.5, 0.6) is 11.8 Å². The highest BCUT2D eigenvalue weighted by molar-refractivity contribution is 6.31. The number of anilines is 2. The van der Waals surface area contributed by atoms with E-state index < -0.39 is 5.82 Å². The molecule has 2 aromatic carbocycles. The van der Waals surface area contributed by atoms with E-state index in [4.69, 9.17) is 25.8 Å². The van der Waals surface area contributed by atoms with Crippen molar-refractivity contribution in [1.29, 1.82) is 0 Å². The lowest BCUT2D eigenvalue weighted by atomic mass is 10.1. The summed E-state index contributed by atoms with van der Waals surface area (Å²) in [4.78, 5) is 22.8. The average molecular weight is 515 g/mol. The third-order valence-corrected chi connectivity index (χ3v) is 6.56. The lowest BCUT2D eigenvalue weighted by Crippen LogP contribution is -2.44. The number of halogens is 2. The molecule has 0 radical (unpaired) electrons. The second-order valence-corrected chi connectivity index (χ2v) is 9.64. The molecule has 10 heteroatoms. The number of nitrogens with one attached hydrogen (secondary N) is 1. The molecule has 5 rings (SSSR count). The molecule has 0 unspecified atom stereocenters. The van der Waals surface area contributed by atoms with Crippen molar-refractivity contribution in [2.45, 2.75) is 38.2 Å². The van der Waals surface area contributed by atoms with E-state index in [-0.39, 0.29) is 23.1 Å². The molecule has 1 N–H and O–H groups in total. The van der Waals surface area contributed by atoms with Gasteiger partial charge in [-0.1, -0.05) is 11.6 Å². The van der Waals surface area contributed by atoms with Crippen LogP contribution in [0.25, 0.3) is 10.9 Å². The largest absolute Gasteiger partial charge is 0.493 e. The minimum Gasteiger partial charge on any atom is -0.493 e. The predicted octanol–water partition coefficient (Wildman–Crippen LogP) is 5.07. The minimum absolute atomic E-state index is 0.0155. The van der Waals surface area contributed by atoms with E-state index in [1.807, 2.05) is 19.1 Å². The van der Waals surface area contributed by atoms with Gasteiger partial charge in [0.1, 0.15) is 23.5 Å². The average Bonchev–Trinajstić information content (AvgIpc) is 3.68. The highest BCUT2D eigenvalue weighted by atomic mass is 35.5. The standard InChI is InChI=1S/C26H28ClFN4O4/c1-15-13-32(14-24(33)36-15)8-3-9-35-23-12-19-22(11-18(23)16-4-5-16)30-26(34-2)31-25(19)29-17-6-7-21(28)20(27)10-17/h6-7,10-12,15-16H,3-5,8-9,13-14H2,1-2H3,(H,29,30,31)/t15-/m1/s1. The van der Waals surface area contributed by atoms with Gasteiger partial charge in [-0.3, -0.25) is 9.69 Å². The van der Waals surface area contributed by atoms with Gasteiger partial charge >= 0.3 is 12.0 Å². The van der Waals surface area contributed by atoms with Crippen molar-refractivity contribution in [2.75, 3.05) is 38.7 Å². The zero-order valence-corrected chi connectivity index (χ0v) is 21.0. The summed E-state index contributed by atoms with van der Waals surface area (Å²) in [5.41, 5.74) is 2.44. The maximum atomic E-state index is 13.6. The smallest absolute Gasteiger partial charge is 0.320 e. The Morgan fingerprint density at radius 1 is 1.25 bits per heavy atom. The highest BCUT2D eigenvalue weighted by Crippen LogP contribution is 2.46. The van der Waals surface area contributed by atoms with Gasteiger partial charge in [-0.2, -0.15) is 9.97 Å². The van der Waals surface area contributed by atoms with Gasteiger partial charge in [-0.15, -0.1) is 0 Å². The summed E-state index contributed by atoms with van der Waals surface area (Å²) in [6.07, 6.45) is 2.90. The Labute approximate surface area is 213 Å². The number of benzene rings is 2. The second-order valence-electron chi connectivity index (χ2n) is 9.23. The van der Waals surface area contributed by atoms with Crippen molar-refractivity contribution in [3.63, 3.8) is 0 Å². The van der Waals surface area contributed by atoms with Crippen LogP contribution in [-0.4, -0.2) is 60.3 Å². The molecule has 2 fully saturated rings. The van der Waals surface area contributed by atoms with E-state index in [1.165, 1.54) is 19.2 Å². The summed E-state index contributed by atoms with van der Waals surface area (Å²) in [5, 5.41) is 3.98. The van der Waals surface area contributed by atoms with Crippen LogP contribution in [0.4, 0.5) is 15.9 Å². The Kier molecular flexibility index (Phi) is 7.11. The van der Waals surface area contributed by atoms with Crippen LogP contribution in [0.15, 0.2) is 30.3 Å². The first-order valence-electron chi connectivity index (χ1n) is 12.1. The molecule has 36 heavy (non-hydrogen) atoms. The Morgan fingerprint density at radius 2 is 2.08 bits per heavy atom. The number of aromatic nitrogens is 2. The molecule has 1 atom stereocenters. The van der Waals surface area contributed by atoms with Gasteiger partial charge in [0.15, 0.2) is 0 Å². The van der Waals surface area contributed by atoms with Crippen LogP contribution in [0.3, 0.4) is 0 Å². The number of ether oxygens (including phenoxy) is 3. The quantitative estimate of drug-likeness (QED) is 0.313. The van der Waals surface area contributed by atoms with Crippen LogP contribution in [0.2, 0.25) is 5.02 Å². The first-order chi connectivity index (χ1) is 17.4. The summed E-state index contributed by atoms with van der Waals surface area (Å²) >= 11 is 5.97. The fourth-order valence-electron chi connectivity index (χ4n) is 4.44. The molecule has 1 aliphatic carbocycles. The van der Waals surface area contributed by atoms with Crippen LogP contribution in [0.1, 0.15) is 37.7 Å². The third kappa shape index (κ3) is 5.63. The molecule has 0 amide bonds. The van der Waals surface area contributed by atoms with Crippen LogP contribution < -0.4 is 14.8 Å². The first kappa shape index (κ1) is 24.5. The molecule has 190 valence electrons. The third-order valence-electron chi connectivity index (χ3n) is 6.27. The van der Waals surface area contributed by atoms with Crippen LogP contribution in [0, 0.1) is 5.82 Å². The van der Waals surface area contributed by atoms with Crippen molar-refractivity contribution in [3.05, 3.63) is 46.7 Å². The normalized spacial score (nSPS) is 18.2. The Hall–Kier alpha value is -3.17. The molecule has 1 aromatic heterocycles. The first-order valence-corrected chi connectivity index (χ1v) is 12.4. The van der Waals surface area contributed by atoms with Crippen molar-refractivity contribution < 1.29 is 23.4 Å². The predicted molar refractivity (Wildman–Crippen MR) is 135 cm³/mol.